The molecule has 20 heavy (non-hydrogen) atoms. The van der Waals surface area contributed by atoms with Gasteiger partial charge in [0.25, 0.3) is 0 Å². The lowest BCUT2D eigenvalue weighted by molar-refractivity contribution is -0.255. The van der Waals surface area contributed by atoms with Crippen LogP contribution in [0.1, 0.15) is 15.9 Å². The van der Waals surface area contributed by atoms with E-state index in [1.54, 1.807) is 12.1 Å². The maximum Gasteiger partial charge on any atom is 0.430 e. The predicted molar refractivity (Wildman–Crippen MR) is 65.0 cm³/mol. The number of aryl methyl sites for hydroxylation is 1. The van der Waals surface area contributed by atoms with E-state index < -0.39 is 12.7 Å². The van der Waals surface area contributed by atoms with Crippen molar-refractivity contribution in [1.82, 2.24) is 15.0 Å². The first kappa shape index (κ1) is 12.6. The molecule has 0 spiro atoms. The van der Waals surface area contributed by atoms with Crippen LogP contribution in [0.4, 0.5) is 0 Å². The second-order valence-electron chi connectivity index (χ2n) is 4.60. The number of rotatable bonds is 2. The lowest BCUT2D eigenvalue weighted by Crippen LogP contribution is -2.46. The number of nitrogens with zero attached hydrogens (tertiary/aromatic N) is 3. The van der Waals surface area contributed by atoms with Crippen molar-refractivity contribution in [1.29, 1.82) is 0 Å². The molecule has 0 aliphatic carbocycles. The first-order valence-corrected chi connectivity index (χ1v) is 6.01. The van der Waals surface area contributed by atoms with E-state index >= 15 is 0 Å². The molecular weight excluding hydrogens is 265 g/mol. The summed E-state index contributed by atoms with van der Waals surface area (Å²) in [5.41, 5.74) is 0.491. The van der Waals surface area contributed by atoms with E-state index in [1.807, 2.05) is 0 Å². The van der Waals surface area contributed by atoms with E-state index in [0.717, 1.165) is 0 Å². The van der Waals surface area contributed by atoms with Gasteiger partial charge in [-0.3, -0.25) is 0 Å². The van der Waals surface area contributed by atoms with Crippen molar-refractivity contribution in [2.75, 3.05) is 0 Å². The highest BCUT2D eigenvalue weighted by Crippen LogP contribution is 2.35. The van der Waals surface area contributed by atoms with Gasteiger partial charge in [0, 0.05) is 0 Å². The molecule has 1 aliphatic rings. The van der Waals surface area contributed by atoms with Gasteiger partial charge in [-0.2, -0.15) is 0 Å². The molecule has 0 atom stereocenters. The average molecular weight is 275 g/mol. The fourth-order valence-corrected chi connectivity index (χ4v) is 2.26. The molecule has 1 aliphatic heterocycles. The highest BCUT2D eigenvalue weighted by Gasteiger charge is 2.31. The maximum atomic E-state index is 11.4. The van der Waals surface area contributed by atoms with Crippen LogP contribution < -0.4 is 9.76 Å². The Morgan fingerprint density at radius 2 is 2.25 bits per heavy atom. The quantitative estimate of drug-likeness (QED) is 0.639. The van der Waals surface area contributed by atoms with Gasteiger partial charge in [-0.1, -0.05) is 17.6 Å². The Balaban J connectivity index is 2.22. The van der Waals surface area contributed by atoms with E-state index in [4.69, 9.17) is 4.65 Å². The van der Waals surface area contributed by atoms with Crippen molar-refractivity contribution in [2.45, 2.75) is 12.7 Å². The zero-order chi connectivity index (χ0) is 14.3. The Kier molecular flexibility index (Phi) is 2.73. The third-order valence-electron chi connectivity index (χ3n) is 3.19. The predicted octanol–water partition coefficient (Wildman–Crippen LogP) is -1.51. The molecule has 0 unspecified atom stereocenters. The fourth-order valence-electron chi connectivity index (χ4n) is 2.26. The van der Waals surface area contributed by atoms with Gasteiger partial charge in [-0.25, -0.2) is 4.68 Å². The molecule has 0 saturated heterocycles. The Hall–Kier alpha value is -2.39. The van der Waals surface area contributed by atoms with Gasteiger partial charge in [-0.05, 0) is 18.1 Å². The van der Waals surface area contributed by atoms with Gasteiger partial charge >= 0.3 is 6.75 Å². The zero-order valence-electron chi connectivity index (χ0n) is 10.3. The largest absolute Gasteiger partial charge is 0.669 e. The number of carbonyl (C=O) groups excluding carboxylic acids is 1. The Bertz CT molecular complexity index is 671. The molecule has 2 N–H and O–H groups in total. The molecule has 0 radical (unpaired) electrons. The third kappa shape index (κ3) is 2.02. The van der Waals surface area contributed by atoms with E-state index in [9.17, 15) is 19.9 Å². The van der Waals surface area contributed by atoms with Crippen molar-refractivity contribution < 1.29 is 24.6 Å². The summed E-state index contributed by atoms with van der Waals surface area (Å²) in [5, 5.41) is 37.9. The van der Waals surface area contributed by atoms with Crippen molar-refractivity contribution in [3.05, 3.63) is 35.7 Å². The number of hydrogen-bond acceptors (Lipinski definition) is 7. The summed E-state index contributed by atoms with van der Waals surface area (Å²) >= 11 is 0. The summed E-state index contributed by atoms with van der Waals surface area (Å²) in [6, 6.07) is 3.21. The second-order valence-corrected chi connectivity index (χ2v) is 4.60. The number of benzene rings is 1. The van der Waals surface area contributed by atoms with Crippen LogP contribution in [0, 0.1) is 0 Å². The molecule has 2 heterocycles. The smallest absolute Gasteiger partial charge is 0.430 e. The van der Waals surface area contributed by atoms with Crippen LogP contribution in [-0.2, 0) is 6.42 Å². The lowest BCUT2D eigenvalue weighted by Gasteiger charge is -2.38. The monoisotopic (exact) mass is 275 g/mol. The molecule has 1 aromatic carbocycles. The Morgan fingerprint density at radius 1 is 1.45 bits per heavy atom. The topological polar surface area (TPSA) is 121 Å². The van der Waals surface area contributed by atoms with Crippen LogP contribution in [0.15, 0.2) is 24.5 Å². The van der Waals surface area contributed by atoms with Crippen LogP contribution in [-0.4, -0.2) is 37.8 Å². The summed E-state index contributed by atoms with van der Waals surface area (Å²) in [5.74, 6) is -1.57. The van der Waals surface area contributed by atoms with Gasteiger partial charge in [0.1, 0.15) is 0 Å². The minimum absolute atomic E-state index is 0.0160. The summed E-state index contributed by atoms with van der Waals surface area (Å²) in [7, 11) is 0. The molecule has 0 fully saturated rings. The number of hydrogen-bond donors (Lipinski definition) is 2. The van der Waals surface area contributed by atoms with E-state index in [0.29, 0.717) is 12.0 Å². The number of fused-ring (bicyclic) bond motifs is 1. The van der Waals surface area contributed by atoms with Gasteiger partial charge in [0.15, 0.2) is 0 Å². The van der Waals surface area contributed by atoms with Gasteiger partial charge in [0.05, 0.1) is 35.4 Å². The van der Waals surface area contributed by atoms with Crippen molar-refractivity contribution in [2.24, 2.45) is 0 Å². The summed E-state index contributed by atoms with van der Waals surface area (Å²) < 4.78 is 6.28. The molecule has 3 rings (SSSR count). The number of aromatic carboxylic acids is 1. The first-order valence-electron chi connectivity index (χ1n) is 6.01. The average Bonchev–Trinajstić information content (AvgIpc) is 2.89. The number of carboxylic acid groups (broad SMARTS) is 1. The van der Waals surface area contributed by atoms with Gasteiger partial charge in [0.2, 0.25) is 0 Å². The molecule has 9 heteroatoms. The third-order valence-corrected chi connectivity index (χ3v) is 3.19. The molecule has 8 nitrogen and oxygen atoms in total. The zero-order valence-corrected chi connectivity index (χ0v) is 10.3. The highest BCUT2D eigenvalue weighted by atomic mass is 16.6. The van der Waals surface area contributed by atoms with Gasteiger partial charge in [-0.15, -0.1) is 5.10 Å². The van der Waals surface area contributed by atoms with Crippen molar-refractivity contribution >= 4 is 12.7 Å². The van der Waals surface area contributed by atoms with E-state index in [-0.39, 0.29) is 23.3 Å². The minimum atomic E-state index is -3.05. The Labute approximate surface area is 113 Å². The van der Waals surface area contributed by atoms with Crippen LogP contribution in [0.25, 0.3) is 5.69 Å². The standard InChI is InChI=1S/C11H11BN3O5/c16-11(17)9-8(15-6-5-13-14-15)2-1-7-3-4-12(18,19)20-10(7)9/h1-2,5-6,18-19H,3-4H2,(H,16,17)/q-1/p-1. The lowest BCUT2D eigenvalue weighted by atomic mass is 9.70. The normalized spacial score (nSPS) is 16.3. The molecule has 0 amide bonds. The van der Waals surface area contributed by atoms with Crippen LogP contribution in [0.5, 0.6) is 5.75 Å². The second kappa shape index (κ2) is 4.32. The minimum Gasteiger partial charge on any atom is -0.669 e. The molecule has 104 valence electrons. The summed E-state index contributed by atoms with van der Waals surface area (Å²) in [6.07, 6.45) is 3.18. The van der Waals surface area contributed by atoms with Crippen molar-refractivity contribution in [3.63, 3.8) is 0 Å². The number of aromatic nitrogens is 3. The SMILES string of the molecule is O=C([O-])c1c(-n2ccnn2)ccc2c1O[B-](O)(O)CC2. The van der Waals surface area contributed by atoms with Crippen molar-refractivity contribution in [3.8, 4) is 11.4 Å². The molecule has 2 aromatic rings. The summed E-state index contributed by atoms with van der Waals surface area (Å²) in [6.45, 7) is -3.05. The van der Waals surface area contributed by atoms with Crippen LogP contribution in [0.3, 0.4) is 0 Å². The highest BCUT2D eigenvalue weighted by molar-refractivity contribution is 6.59. The van der Waals surface area contributed by atoms with Crippen LogP contribution in [0.2, 0.25) is 6.32 Å². The molecule has 1 aromatic heterocycles. The Morgan fingerprint density at radius 3 is 2.90 bits per heavy atom. The number of carbonyl (C=O) groups is 1. The van der Waals surface area contributed by atoms with Crippen LogP contribution >= 0.6 is 0 Å². The number of carboxylic acids is 1. The molecular formula is C11H10BN3O5-2. The maximum absolute atomic E-state index is 11.4. The van der Waals surface area contributed by atoms with E-state index in [2.05, 4.69) is 10.3 Å². The molecule has 0 bridgehead atoms. The fraction of sp³-hybridized carbons (Fsp3) is 0.182. The van der Waals surface area contributed by atoms with E-state index in [1.165, 1.54) is 17.1 Å². The summed E-state index contributed by atoms with van der Waals surface area (Å²) in [4.78, 5) is 11.4. The molecule has 0 saturated carbocycles. The first-order chi connectivity index (χ1) is 9.48. The van der Waals surface area contributed by atoms with Gasteiger partial charge < -0.3 is 24.6 Å².